The van der Waals surface area contributed by atoms with Crippen LogP contribution in [0.4, 0.5) is 5.69 Å². The third-order valence-corrected chi connectivity index (χ3v) is 2.24. The first kappa shape index (κ1) is 12.4. The van der Waals surface area contributed by atoms with Crippen LogP contribution in [-0.2, 0) is 0 Å². The van der Waals surface area contributed by atoms with Crippen LogP contribution in [0.1, 0.15) is 0 Å². The lowest BCUT2D eigenvalue weighted by molar-refractivity contribution is -0.463. The number of pyridine rings is 1. The van der Waals surface area contributed by atoms with Gasteiger partial charge in [0.05, 0.1) is 11.9 Å². The molecule has 0 radical (unpaired) electrons. The smallest absolute Gasteiger partial charge is 0.260 e. The number of amidine groups is 1. The normalized spacial score (nSPS) is 11.3. The Bertz CT molecular complexity index is 404. The first-order valence-electron chi connectivity index (χ1n) is 4.47. The van der Waals surface area contributed by atoms with Gasteiger partial charge in [0.1, 0.15) is 5.15 Å². The number of aromatic nitrogens is 1. The standard InChI is InChI=1S/C9H11ClN4O2/c1-11-9(6-14(15)16)13(2)7-3-4-8(10)12-5-7/h3-5H,6H2,1-2H3. The van der Waals surface area contributed by atoms with Gasteiger partial charge in [-0.25, -0.2) is 4.98 Å². The number of rotatable bonds is 3. The van der Waals surface area contributed by atoms with E-state index in [4.69, 9.17) is 11.6 Å². The van der Waals surface area contributed by atoms with Crippen LogP contribution in [0.25, 0.3) is 0 Å². The summed E-state index contributed by atoms with van der Waals surface area (Å²) in [6.07, 6.45) is 1.54. The molecular weight excluding hydrogens is 232 g/mol. The summed E-state index contributed by atoms with van der Waals surface area (Å²) in [5.41, 5.74) is 0.701. The van der Waals surface area contributed by atoms with Crippen molar-refractivity contribution in [3.05, 3.63) is 33.6 Å². The number of likely N-dealkylation sites (N-methyl/N-ethyl adjacent to an activating group) is 1. The average Bonchev–Trinajstić information content (AvgIpc) is 2.25. The number of nitro groups is 1. The second-order valence-electron chi connectivity index (χ2n) is 3.03. The molecule has 0 unspecified atom stereocenters. The zero-order valence-electron chi connectivity index (χ0n) is 8.92. The lowest BCUT2D eigenvalue weighted by atomic mass is 10.3. The minimum Gasteiger partial charge on any atom is -0.326 e. The molecule has 0 amide bonds. The summed E-state index contributed by atoms with van der Waals surface area (Å²) in [6, 6.07) is 3.34. The van der Waals surface area contributed by atoms with Gasteiger partial charge in [-0.1, -0.05) is 11.6 Å². The lowest BCUT2D eigenvalue weighted by Crippen LogP contribution is -2.32. The Labute approximate surface area is 97.7 Å². The van der Waals surface area contributed by atoms with Crippen molar-refractivity contribution in [1.29, 1.82) is 0 Å². The Balaban J connectivity index is 2.87. The molecule has 0 saturated heterocycles. The van der Waals surface area contributed by atoms with Crippen molar-refractivity contribution in [2.45, 2.75) is 0 Å². The fourth-order valence-corrected chi connectivity index (χ4v) is 1.27. The van der Waals surface area contributed by atoms with Crippen molar-refractivity contribution >= 4 is 23.1 Å². The molecule has 0 aromatic carbocycles. The summed E-state index contributed by atoms with van der Waals surface area (Å²) < 4.78 is 0. The second-order valence-corrected chi connectivity index (χ2v) is 3.42. The van der Waals surface area contributed by atoms with Crippen LogP contribution in [0.2, 0.25) is 5.15 Å². The van der Waals surface area contributed by atoms with Crippen LogP contribution >= 0.6 is 11.6 Å². The summed E-state index contributed by atoms with van der Waals surface area (Å²) in [4.78, 5) is 19.4. The predicted octanol–water partition coefficient (Wildman–Crippen LogP) is 1.48. The van der Waals surface area contributed by atoms with Crippen molar-refractivity contribution in [2.75, 3.05) is 25.5 Å². The van der Waals surface area contributed by atoms with Gasteiger partial charge in [0, 0.05) is 19.0 Å². The summed E-state index contributed by atoms with van der Waals surface area (Å²) in [5, 5.41) is 10.8. The van der Waals surface area contributed by atoms with Crippen molar-refractivity contribution in [3.63, 3.8) is 0 Å². The number of halogens is 1. The molecule has 0 aliphatic carbocycles. The molecule has 0 saturated carbocycles. The zero-order valence-corrected chi connectivity index (χ0v) is 9.68. The fourth-order valence-electron chi connectivity index (χ4n) is 1.16. The van der Waals surface area contributed by atoms with Gasteiger partial charge >= 0.3 is 0 Å². The van der Waals surface area contributed by atoms with Gasteiger partial charge in [-0.15, -0.1) is 0 Å². The molecule has 1 aromatic rings. The zero-order chi connectivity index (χ0) is 12.1. The highest BCUT2D eigenvalue weighted by atomic mass is 35.5. The molecule has 0 bridgehead atoms. The molecule has 0 N–H and O–H groups in total. The lowest BCUT2D eigenvalue weighted by Gasteiger charge is -2.17. The highest BCUT2D eigenvalue weighted by molar-refractivity contribution is 6.29. The van der Waals surface area contributed by atoms with E-state index in [1.807, 2.05) is 0 Å². The minimum atomic E-state index is -0.428. The molecule has 0 spiro atoms. The summed E-state index contributed by atoms with van der Waals surface area (Å²) in [5.74, 6) is 0.356. The van der Waals surface area contributed by atoms with Gasteiger partial charge in [-0.2, -0.15) is 0 Å². The van der Waals surface area contributed by atoms with E-state index in [9.17, 15) is 10.1 Å². The van der Waals surface area contributed by atoms with Gasteiger partial charge in [0.15, 0.2) is 5.84 Å². The molecule has 16 heavy (non-hydrogen) atoms. The Kier molecular flexibility index (Phi) is 4.19. The first-order chi connectivity index (χ1) is 7.54. The highest BCUT2D eigenvalue weighted by Gasteiger charge is 2.13. The third kappa shape index (κ3) is 3.16. The van der Waals surface area contributed by atoms with E-state index in [2.05, 4.69) is 9.98 Å². The summed E-state index contributed by atoms with van der Waals surface area (Å²) in [7, 11) is 3.20. The molecule has 1 heterocycles. The second kappa shape index (κ2) is 5.41. The number of aliphatic imine (C=N–C) groups is 1. The Morgan fingerprint density at radius 2 is 2.38 bits per heavy atom. The number of hydrogen-bond acceptors (Lipinski definition) is 4. The van der Waals surface area contributed by atoms with E-state index in [0.717, 1.165) is 0 Å². The number of hydrogen-bond donors (Lipinski definition) is 0. The molecule has 1 rings (SSSR count). The molecule has 86 valence electrons. The summed E-state index contributed by atoms with van der Waals surface area (Å²) in [6.45, 7) is -0.324. The average molecular weight is 243 g/mol. The largest absolute Gasteiger partial charge is 0.326 e. The monoisotopic (exact) mass is 242 g/mol. The van der Waals surface area contributed by atoms with E-state index in [1.54, 1.807) is 24.1 Å². The third-order valence-electron chi connectivity index (χ3n) is 2.01. The SMILES string of the molecule is CN=C(C[N+](=O)[O-])N(C)c1ccc(Cl)nc1. The van der Waals surface area contributed by atoms with Gasteiger partial charge in [-0.05, 0) is 12.1 Å². The Hall–Kier alpha value is -1.69. The molecule has 6 nitrogen and oxygen atoms in total. The maximum absolute atomic E-state index is 10.4. The quantitative estimate of drug-likeness (QED) is 0.265. The maximum Gasteiger partial charge on any atom is 0.260 e. The van der Waals surface area contributed by atoms with Crippen molar-refractivity contribution < 1.29 is 4.92 Å². The Morgan fingerprint density at radius 1 is 1.69 bits per heavy atom. The molecule has 0 atom stereocenters. The van der Waals surface area contributed by atoms with Crippen molar-refractivity contribution in [2.24, 2.45) is 4.99 Å². The van der Waals surface area contributed by atoms with E-state index in [-0.39, 0.29) is 6.54 Å². The van der Waals surface area contributed by atoms with Crippen LogP contribution in [0.5, 0.6) is 0 Å². The van der Waals surface area contributed by atoms with Crippen LogP contribution in [0.15, 0.2) is 23.3 Å². The predicted molar refractivity (Wildman–Crippen MR) is 62.9 cm³/mol. The van der Waals surface area contributed by atoms with Gasteiger partial charge in [-0.3, -0.25) is 15.1 Å². The van der Waals surface area contributed by atoms with Gasteiger partial charge in [0.2, 0.25) is 0 Å². The molecular formula is C9H11ClN4O2. The van der Waals surface area contributed by atoms with E-state index < -0.39 is 4.92 Å². The molecule has 7 heteroatoms. The topological polar surface area (TPSA) is 71.6 Å². The number of nitrogens with zero attached hydrogens (tertiary/aromatic N) is 4. The van der Waals surface area contributed by atoms with E-state index in [0.29, 0.717) is 16.7 Å². The van der Waals surface area contributed by atoms with Gasteiger partial charge < -0.3 is 4.90 Å². The van der Waals surface area contributed by atoms with Crippen LogP contribution < -0.4 is 4.90 Å². The minimum absolute atomic E-state index is 0.324. The van der Waals surface area contributed by atoms with Crippen molar-refractivity contribution in [1.82, 2.24) is 4.98 Å². The van der Waals surface area contributed by atoms with Crippen LogP contribution in [-0.4, -0.2) is 36.4 Å². The van der Waals surface area contributed by atoms with Crippen molar-refractivity contribution in [3.8, 4) is 0 Å². The number of anilines is 1. The van der Waals surface area contributed by atoms with E-state index >= 15 is 0 Å². The molecule has 0 fully saturated rings. The molecule has 0 aliphatic heterocycles. The van der Waals surface area contributed by atoms with Crippen LogP contribution in [0, 0.1) is 10.1 Å². The summed E-state index contributed by atoms with van der Waals surface area (Å²) >= 11 is 5.65. The fraction of sp³-hybridized carbons (Fsp3) is 0.333. The van der Waals surface area contributed by atoms with Crippen LogP contribution in [0.3, 0.4) is 0 Å². The molecule has 0 aliphatic rings. The van der Waals surface area contributed by atoms with E-state index in [1.165, 1.54) is 13.2 Å². The maximum atomic E-state index is 10.4. The Morgan fingerprint density at radius 3 is 2.81 bits per heavy atom. The first-order valence-corrected chi connectivity index (χ1v) is 4.85. The van der Waals surface area contributed by atoms with Gasteiger partial charge in [0.25, 0.3) is 6.54 Å². The molecule has 1 aromatic heterocycles. The highest BCUT2D eigenvalue weighted by Crippen LogP contribution is 2.14.